The van der Waals surface area contributed by atoms with Crippen molar-refractivity contribution in [3.63, 3.8) is 0 Å². The molecule has 11 rings (SSSR count). The van der Waals surface area contributed by atoms with Crippen molar-refractivity contribution in [3.8, 4) is 39.5 Å². The monoisotopic (exact) mass is 663 g/mol. The molecule has 0 aliphatic carbocycles. The van der Waals surface area contributed by atoms with Gasteiger partial charge in [-0.3, -0.25) is 0 Å². The van der Waals surface area contributed by atoms with E-state index in [2.05, 4.69) is 156 Å². The van der Waals surface area contributed by atoms with E-state index in [1.807, 2.05) is 24.3 Å². The zero-order valence-electron chi connectivity index (χ0n) is 28.0. The van der Waals surface area contributed by atoms with Crippen LogP contribution in [0.15, 0.2) is 180 Å². The van der Waals surface area contributed by atoms with E-state index in [0.717, 1.165) is 55.3 Å². The van der Waals surface area contributed by atoms with Gasteiger partial charge in [-0.2, -0.15) is 0 Å². The summed E-state index contributed by atoms with van der Waals surface area (Å²) in [4.78, 5) is 10.3. The van der Waals surface area contributed by atoms with Crippen LogP contribution in [0.4, 0.5) is 0 Å². The second kappa shape index (κ2) is 11.2. The van der Waals surface area contributed by atoms with Crippen LogP contribution in [0.3, 0.4) is 0 Å². The summed E-state index contributed by atoms with van der Waals surface area (Å²) in [6.07, 6.45) is 0. The zero-order chi connectivity index (χ0) is 34.2. The average molecular weight is 664 g/mol. The number of rotatable bonds is 4. The van der Waals surface area contributed by atoms with Gasteiger partial charge in [-0.05, 0) is 76.5 Å². The minimum absolute atomic E-state index is 0.674. The summed E-state index contributed by atoms with van der Waals surface area (Å²) < 4.78 is 8.85. The Kier molecular flexibility index (Phi) is 6.22. The van der Waals surface area contributed by atoms with E-state index in [9.17, 15) is 0 Å². The lowest BCUT2D eigenvalue weighted by atomic mass is 9.95. The van der Waals surface area contributed by atoms with Crippen molar-refractivity contribution in [3.05, 3.63) is 176 Å². The van der Waals surface area contributed by atoms with Gasteiger partial charge in [0.25, 0.3) is 0 Å². The molecule has 0 amide bonds. The van der Waals surface area contributed by atoms with E-state index in [1.165, 1.54) is 43.7 Å². The Morgan fingerprint density at radius 2 is 1.10 bits per heavy atom. The normalized spacial score (nSPS) is 11.8. The first kappa shape index (κ1) is 28.8. The Labute approximate surface area is 298 Å². The largest absolute Gasteiger partial charge is 0.455 e. The Balaban J connectivity index is 1.10. The smallest absolute Gasteiger partial charge is 0.160 e. The molecule has 0 spiro atoms. The summed E-state index contributed by atoms with van der Waals surface area (Å²) in [6, 6.07) is 61.9. The summed E-state index contributed by atoms with van der Waals surface area (Å²) in [7, 11) is 0. The first-order valence-corrected chi connectivity index (χ1v) is 17.6. The maximum absolute atomic E-state index is 6.46. The number of hydrogen-bond donors (Lipinski definition) is 0. The Morgan fingerprint density at radius 3 is 1.94 bits per heavy atom. The van der Waals surface area contributed by atoms with Crippen LogP contribution >= 0.6 is 0 Å². The molecular formula is C48H29N3O. The number of aromatic nitrogens is 3. The molecule has 0 unspecified atom stereocenters. The fourth-order valence-electron chi connectivity index (χ4n) is 8.07. The van der Waals surface area contributed by atoms with Crippen molar-refractivity contribution in [2.45, 2.75) is 0 Å². The fraction of sp³-hybridized carbons (Fsp3) is 0. The molecule has 0 saturated carbocycles. The Morgan fingerprint density at radius 1 is 0.423 bits per heavy atom. The van der Waals surface area contributed by atoms with E-state index >= 15 is 0 Å². The average Bonchev–Trinajstić information content (AvgIpc) is 3.77. The molecular weight excluding hydrogens is 635 g/mol. The van der Waals surface area contributed by atoms with Crippen molar-refractivity contribution >= 4 is 65.4 Å². The van der Waals surface area contributed by atoms with E-state index < -0.39 is 0 Å². The predicted molar refractivity (Wildman–Crippen MR) is 215 cm³/mol. The fourth-order valence-corrected chi connectivity index (χ4v) is 8.07. The standard InChI is InChI=1S/C48H29N3O/c1-2-13-30(14-3-1)40-29-43-45(35-17-5-4-15-33(35)40)38-19-7-10-23-42(38)51(43)32-27-25-31(26-28-32)48-49-41-22-9-6-18-37(41)46(50-48)39-21-12-20-36-34-16-8-11-24-44(34)52-47(36)39/h1-29H. The molecule has 4 heteroatoms. The quantitative estimate of drug-likeness (QED) is 0.188. The minimum Gasteiger partial charge on any atom is -0.455 e. The molecule has 52 heavy (non-hydrogen) atoms. The summed E-state index contributed by atoms with van der Waals surface area (Å²) in [5.74, 6) is 0.674. The van der Waals surface area contributed by atoms with Gasteiger partial charge in [-0.25, -0.2) is 9.97 Å². The molecule has 4 nitrogen and oxygen atoms in total. The molecule has 242 valence electrons. The third kappa shape index (κ3) is 4.28. The van der Waals surface area contributed by atoms with Gasteiger partial charge < -0.3 is 8.98 Å². The maximum Gasteiger partial charge on any atom is 0.160 e. The highest BCUT2D eigenvalue weighted by Crippen LogP contribution is 2.42. The summed E-state index contributed by atoms with van der Waals surface area (Å²) in [5.41, 5.74) is 11.2. The highest BCUT2D eigenvalue weighted by atomic mass is 16.3. The van der Waals surface area contributed by atoms with E-state index in [4.69, 9.17) is 14.4 Å². The minimum atomic E-state index is 0.674. The SMILES string of the molecule is c1ccc(-c2cc3c(c4ccccc24)c2ccccc2n3-c2ccc(-c3nc(-c4cccc5c4oc4ccccc45)c4ccccc4n3)cc2)cc1. The lowest BCUT2D eigenvalue weighted by Gasteiger charge is -2.13. The number of furan rings is 1. The van der Waals surface area contributed by atoms with Crippen molar-refractivity contribution in [2.24, 2.45) is 0 Å². The van der Waals surface area contributed by atoms with Crippen LogP contribution in [-0.4, -0.2) is 14.5 Å². The van der Waals surface area contributed by atoms with Crippen LogP contribution in [0.25, 0.3) is 105 Å². The second-order valence-corrected chi connectivity index (χ2v) is 13.3. The number of para-hydroxylation sites is 4. The van der Waals surface area contributed by atoms with Gasteiger partial charge >= 0.3 is 0 Å². The lowest BCUT2D eigenvalue weighted by molar-refractivity contribution is 0.670. The predicted octanol–water partition coefficient (Wildman–Crippen LogP) is 12.8. The second-order valence-electron chi connectivity index (χ2n) is 13.3. The van der Waals surface area contributed by atoms with Gasteiger partial charge in [-0.15, -0.1) is 0 Å². The summed E-state index contributed by atoms with van der Waals surface area (Å²) in [6.45, 7) is 0. The van der Waals surface area contributed by atoms with Crippen LogP contribution in [0.2, 0.25) is 0 Å². The molecule has 0 aliphatic heterocycles. The molecule has 3 aromatic heterocycles. The van der Waals surface area contributed by atoms with Crippen LogP contribution in [0.5, 0.6) is 0 Å². The van der Waals surface area contributed by atoms with Crippen LogP contribution in [-0.2, 0) is 0 Å². The van der Waals surface area contributed by atoms with Gasteiger partial charge in [0.2, 0.25) is 0 Å². The third-order valence-corrected chi connectivity index (χ3v) is 10.4. The van der Waals surface area contributed by atoms with Crippen molar-refractivity contribution < 1.29 is 4.42 Å². The van der Waals surface area contributed by atoms with E-state index in [1.54, 1.807) is 0 Å². The first-order valence-electron chi connectivity index (χ1n) is 17.6. The van der Waals surface area contributed by atoms with Crippen LogP contribution in [0.1, 0.15) is 0 Å². The topological polar surface area (TPSA) is 43.9 Å². The summed E-state index contributed by atoms with van der Waals surface area (Å²) in [5, 5.41) is 8.17. The van der Waals surface area contributed by atoms with Crippen LogP contribution < -0.4 is 0 Å². The molecule has 0 fully saturated rings. The highest BCUT2D eigenvalue weighted by Gasteiger charge is 2.20. The van der Waals surface area contributed by atoms with Gasteiger partial charge in [0.15, 0.2) is 5.82 Å². The van der Waals surface area contributed by atoms with Crippen molar-refractivity contribution in [1.29, 1.82) is 0 Å². The number of benzene rings is 8. The van der Waals surface area contributed by atoms with Gasteiger partial charge in [-0.1, -0.05) is 121 Å². The number of hydrogen-bond acceptors (Lipinski definition) is 3. The van der Waals surface area contributed by atoms with Gasteiger partial charge in [0.05, 0.1) is 22.2 Å². The molecule has 0 aliphatic rings. The van der Waals surface area contributed by atoms with Gasteiger partial charge in [0, 0.05) is 43.7 Å². The first-order chi connectivity index (χ1) is 25.8. The van der Waals surface area contributed by atoms with E-state index in [0.29, 0.717) is 5.82 Å². The molecule has 11 aromatic rings. The van der Waals surface area contributed by atoms with Crippen LogP contribution in [0, 0.1) is 0 Å². The highest BCUT2D eigenvalue weighted by molar-refractivity contribution is 6.24. The number of nitrogens with zero attached hydrogens (tertiary/aromatic N) is 3. The van der Waals surface area contributed by atoms with Gasteiger partial charge in [0.1, 0.15) is 11.2 Å². The molecule has 3 heterocycles. The van der Waals surface area contributed by atoms with E-state index in [-0.39, 0.29) is 0 Å². The van der Waals surface area contributed by atoms with Crippen molar-refractivity contribution in [2.75, 3.05) is 0 Å². The summed E-state index contributed by atoms with van der Waals surface area (Å²) >= 11 is 0. The third-order valence-electron chi connectivity index (χ3n) is 10.4. The lowest BCUT2D eigenvalue weighted by Crippen LogP contribution is -1.97. The molecule has 0 saturated heterocycles. The number of fused-ring (bicyclic) bond motifs is 9. The molecule has 0 radical (unpaired) electrons. The molecule has 0 N–H and O–H groups in total. The Bertz CT molecular complexity index is 3170. The zero-order valence-corrected chi connectivity index (χ0v) is 28.0. The molecule has 8 aromatic carbocycles. The maximum atomic E-state index is 6.46. The van der Waals surface area contributed by atoms with Crippen molar-refractivity contribution in [1.82, 2.24) is 14.5 Å². The molecule has 0 atom stereocenters. The Hall–Kier alpha value is -7.04. The molecule has 0 bridgehead atoms.